The second-order valence-electron chi connectivity index (χ2n) is 6.31. The Morgan fingerprint density at radius 1 is 1.07 bits per heavy atom. The molecule has 0 aliphatic carbocycles. The highest BCUT2D eigenvalue weighted by atomic mass is 35.5. The minimum Gasteiger partial charge on any atom is -0.376 e. The number of hydrogen-bond acceptors (Lipinski definition) is 3. The molecule has 0 radical (unpaired) electrons. The molecule has 0 saturated carbocycles. The van der Waals surface area contributed by atoms with Crippen LogP contribution in [0.2, 0.25) is 5.02 Å². The van der Waals surface area contributed by atoms with E-state index in [9.17, 15) is 27.2 Å². The van der Waals surface area contributed by atoms with Gasteiger partial charge in [-0.1, -0.05) is 17.7 Å². The van der Waals surface area contributed by atoms with Crippen LogP contribution in [0.4, 0.5) is 28.9 Å². The lowest BCUT2D eigenvalue weighted by Gasteiger charge is -2.14. The number of alkyl halides is 3. The first-order chi connectivity index (χ1) is 13.5. The van der Waals surface area contributed by atoms with Crippen molar-refractivity contribution in [3.8, 4) is 0 Å². The highest BCUT2D eigenvalue weighted by Gasteiger charge is 2.28. The van der Waals surface area contributed by atoms with E-state index in [1.165, 1.54) is 13.0 Å². The van der Waals surface area contributed by atoms with Crippen molar-refractivity contribution in [3.05, 3.63) is 57.9 Å². The lowest BCUT2D eigenvalue weighted by atomic mass is 10.1. The summed E-state index contributed by atoms with van der Waals surface area (Å²) in [6.07, 6.45) is -4.59. The van der Waals surface area contributed by atoms with Crippen LogP contribution in [-0.2, 0) is 4.79 Å². The Hall–Kier alpha value is -2.81. The lowest BCUT2D eigenvalue weighted by Crippen LogP contribution is -2.33. The Balaban J connectivity index is 2.06. The second kappa shape index (κ2) is 9.13. The maximum absolute atomic E-state index is 14.1. The van der Waals surface area contributed by atoms with E-state index in [1.54, 1.807) is 23.5 Å². The molecule has 2 amide bonds. The lowest BCUT2D eigenvalue weighted by molar-refractivity contribution is -0.123. The SMILES string of the molecule is Cc1ccc(NC(=O)CNc2cc(C(=O)NCC(F)(F)F)cc(F)c2C)c(Cl)c1. The van der Waals surface area contributed by atoms with Gasteiger partial charge in [-0.25, -0.2) is 4.39 Å². The third-order valence-corrected chi connectivity index (χ3v) is 4.21. The van der Waals surface area contributed by atoms with Crippen molar-refractivity contribution in [2.24, 2.45) is 0 Å². The van der Waals surface area contributed by atoms with E-state index in [1.807, 2.05) is 6.92 Å². The normalized spacial score (nSPS) is 11.1. The molecule has 0 atom stereocenters. The fourth-order valence-electron chi connectivity index (χ4n) is 2.37. The van der Waals surface area contributed by atoms with Gasteiger partial charge in [0.1, 0.15) is 12.4 Å². The maximum Gasteiger partial charge on any atom is 0.405 e. The van der Waals surface area contributed by atoms with Crippen molar-refractivity contribution < 1.29 is 27.2 Å². The first kappa shape index (κ1) is 22.5. The molecule has 0 aliphatic rings. The smallest absolute Gasteiger partial charge is 0.376 e. The van der Waals surface area contributed by atoms with E-state index >= 15 is 0 Å². The summed E-state index contributed by atoms with van der Waals surface area (Å²) in [6.45, 7) is 1.43. The number of hydrogen-bond donors (Lipinski definition) is 3. The highest BCUT2D eigenvalue weighted by Crippen LogP contribution is 2.23. The van der Waals surface area contributed by atoms with Gasteiger partial charge in [0.05, 0.1) is 17.3 Å². The fraction of sp³-hybridized carbons (Fsp3) is 0.263. The Labute approximate surface area is 169 Å². The quantitative estimate of drug-likeness (QED) is 0.592. The molecule has 2 aromatic rings. The van der Waals surface area contributed by atoms with Crippen molar-refractivity contribution >= 4 is 34.8 Å². The molecule has 0 bridgehead atoms. The third kappa shape index (κ3) is 6.63. The van der Waals surface area contributed by atoms with Crippen LogP contribution in [0.25, 0.3) is 0 Å². The standard InChI is InChI=1S/C19H18ClF4N3O2/c1-10-3-4-15(13(20)5-10)27-17(28)8-25-16-7-12(6-14(21)11(16)2)18(29)26-9-19(22,23)24/h3-7,25H,8-9H2,1-2H3,(H,26,29)(H,27,28). The molecule has 0 heterocycles. The number of carbonyl (C=O) groups is 2. The van der Waals surface area contributed by atoms with Crippen molar-refractivity contribution in [3.63, 3.8) is 0 Å². The van der Waals surface area contributed by atoms with Crippen molar-refractivity contribution in [2.45, 2.75) is 20.0 Å². The summed E-state index contributed by atoms with van der Waals surface area (Å²) in [5, 5.41) is 7.28. The van der Waals surface area contributed by atoms with Crippen molar-refractivity contribution in [1.82, 2.24) is 5.32 Å². The Kier molecular flexibility index (Phi) is 7.07. The minimum atomic E-state index is -4.59. The van der Waals surface area contributed by atoms with Crippen molar-refractivity contribution in [2.75, 3.05) is 23.7 Å². The molecule has 29 heavy (non-hydrogen) atoms. The van der Waals surface area contributed by atoms with Crippen LogP contribution in [0.1, 0.15) is 21.5 Å². The molecule has 2 rings (SSSR count). The molecule has 0 unspecified atom stereocenters. The van der Waals surface area contributed by atoms with Crippen LogP contribution in [-0.4, -0.2) is 31.1 Å². The number of aryl methyl sites for hydroxylation is 1. The molecular formula is C19H18ClF4N3O2. The van der Waals surface area contributed by atoms with Gasteiger partial charge in [0, 0.05) is 16.8 Å². The summed E-state index contributed by atoms with van der Waals surface area (Å²) in [7, 11) is 0. The van der Waals surface area contributed by atoms with Crippen LogP contribution in [0, 0.1) is 19.7 Å². The maximum atomic E-state index is 14.1. The number of halogens is 5. The van der Waals surface area contributed by atoms with Gasteiger partial charge in [-0.2, -0.15) is 13.2 Å². The number of benzene rings is 2. The van der Waals surface area contributed by atoms with Crippen LogP contribution >= 0.6 is 11.6 Å². The summed E-state index contributed by atoms with van der Waals surface area (Å²) in [5.41, 5.74) is 1.22. The fourth-order valence-corrected chi connectivity index (χ4v) is 2.65. The summed E-state index contributed by atoms with van der Waals surface area (Å²) < 4.78 is 50.8. The highest BCUT2D eigenvalue weighted by molar-refractivity contribution is 6.33. The summed E-state index contributed by atoms with van der Waals surface area (Å²) in [4.78, 5) is 24.0. The summed E-state index contributed by atoms with van der Waals surface area (Å²) in [5.74, 6) is -2.36. The number of carbonyl (C=O) groups excluding carboxylic acids is 2. The van der Waals surface area contributed by atoms with Gasteiger partial charge in [0.25, 0.3) is 5.91 Å². The molecule has 2 aromatic carbocycles. The van der Waals surface area contributed by atoms with Crippen LogP contribution in [0.3, 0.4) is 0 Å². The monoisotopic (exact) mass is 431 g/mol. The Morgan fingerprint density at radius 2 is 1.76 bits per heavy atom. The zero-order valence-corrected chi connectivity index (χ0v) is 16.3. The van der Waals surface area contributed by atoms with Gasteiger partial charge in [-0.3, -0.25) is 9.59 Å². The number of amides is 2. The van der Waals surface area contributed by atoms with Gasteiger partial charge in [0.15, 0.2) is 0 Å². The molecule has 0 aromatic heterocycles. The average Bonchev–Trinajstić information content (AvgIpc) is 2.62. The van der Waals surface area contributed by atoms with Gasteiger partial charge in [0.2, 0.25) is 5.91 Å². The first-order valence-electron chi connectivity index (χ1n) is 8.41. The van der Waals surface area contributed by atoms with E-state index in [-0.39, 0.29) is 23.4 Å². The number of nitrogens with one attached hydrogen (secondary N) is 3. The first-order valence-corrected chi connectivity index (χ1v) is 8.79. The topological polar surface area (TPSA) is 70.2 Å². The van der Waals surface area contributed by atoms with Gasteiger partial charge >= 0.3 is 6.18 Å². The Morgan fingerprint density at radius 3 is 2.38 bits per heavy atom. The molecule has 0 saturated heterocycles. The predicted octanol–water partition coefficient (Wildman–Crippen LogP) is 4.44. The molecule has 10 heteroatoms. The van der Waals surface area contributed by atoms with Crippen LogP contribution in [0.5, 0.6) is 0 Å². The molecule has 0 fully saturated rings. The summed E-state index contributed by atoms with van der Waals surface area (Å²) in [6, 6.07) is 7.07. The Bertz CT molecular complexity index is 932. The molecular weight excluding hydrogens is 414 g/mol. The van der Waals surface area contributed by atoms with Gasteiger partial charge in [-0.15, -0.1) is 0 Å². The number of rotatable bonds is 6. The molecule has 5 nitrogen and oxygen atoms in total. The average molecular weight is 432 g/mol. The molecule has 156 valence electrons. The van der Waals surface area contributed by atoms with Gasteiger partial charge < -0.3 is 16.0 Å². The summed E-state index contributed by atoms with van der Waals surface area (Å²) >= 11 is 6.04. The van der Waals surface area contributed by atoms with Crippen LogP contribution in [0.15, 0.2) is 30.3 Å². The molecule has 0 spiro atoms. The predicted molar refractivity (Wildman–Crippen MR) is 103 cm³/mol. The zero-order valence-electron chi connectivity index (χ0n) is 15.5. The van der Waals surface area contributed by atoms with E-state index in [0.717, 1.165) is 11.6 Å². The largest absolute Gasteiger partial charge is 0.405 e. The zero-order chi connectivity index (χ0) is 21.8. The molecule has 3 N–H and O–H groups in total. The third-order valence-electron chi connectivity index (χ3n) is 3.89. The molecule has 0 aliphatic heterocycles. The van der Waals surface area contributed by atoms with E-state index in [4.69, 9.17) is 11.6 Å². The number of anilines is 2. The van der Waals surface area contributed by atoms with Gasteiger partial charge in [-0.05, 0) is 43.7 Å². The second-order valence-corrected chi connectivity index (χ2v) is 6.72. The van der Waals surface area contributed by atoms with Crippen LogP contribution < -0.4 is 16.0 Å². The van der Waals surface area contributed by atoms with E-state index in [0.29, 0.717) is 10.7 Å². The van der Waals surface area contributed by atoms with E-state index in [2.05, 4.69) is 10.6 Å². The van der Waals surface area contributed by atoms with E-state index < -0.39 is 30.4 Å². The van der Waals surface area contributed by atoms with Crippen molar-refractivity contribution in [1.29, 1.82) is 0 Å². The minimum absolute atomic E-state index is 0.104.